The van der Waals surface area contributed by atoms with E-state index in [1.54, 1.807) is 0 Å². The van der Waals surface area contributed by atoms with Crippen molar-refractivity contribution in [1.82, 2.24) is 0 Å². The fraction of sp³-hybridized carbons (Fsp3) is 0.526. The maximum atomic E-state index is 14.0. The van der Waals surface area contributed by atoms with Gasteiger partial charge in [0.15, 0.2) is 0 Å². The lowest BCUT2D eigenvalue weighted by atomic mass is 9.90. The third kappa shape index (κ3) is 4.97. The van der Waals surface area contributed by atoms with E-state index in [9.17, 15) is 61.9 Å². The molecule has 0 saturated carbocycles. The van der Waals surface area contributed by atoms with Gasteiger partial charge < -0.3 is 4.74 Å². The van der Waals surface area contributed by atoms with Crippen molar-refractivity contribution >= 4 is 12.0 Å². The minimum Gasteiger partial charge on any atom is -0.462 e. The molecule has 0 aromatic heterocycles. The third-order valence-corrected chi connectivity index (χ3v) is 4.49. The van der Waals surface area contributed by atoms with Crippen LogP contribution in [0, 0.1) is 0 Å². The Bertz CT molecular complexity index is 904. The number of halogens is 13. The Balaban J connectivity index is 3.33. The Labute approximate surface area is 183 Å². The van der Waals surface area contributed by atoms with Crippen molar-refractivity contribution in [3.8, 4) is 0 Å². The lowest BCUT2D eigenvalue weighted by Gasteiger charge is -2.39. The van der Waals surface area contributed by atoms with Gasteiger partial charge in [-0.2, -0.15) is 57.1 Å². The first-order valence-corrected chi connectivity index (χ1v) is 9.00. The second-order valence-electron chi connectivity index (χ2n) is 6.89. The summed E-state index contributed by atoms with van der Waals surface area (Å²) in [5, 5.41) is 0. The monoisotopic (exact) mass is 522 g/mol. The van der Waals surface area contributed by atoms with Gasteiger partial charge in [0, 0.05) is 6.42 Å². The number of aryl methyl sites for hydroxylation is 1. The summed E-state index contributed by atoms with van der Waals surface area (Å²) in [5.74, 6) is -38.1. The van der Waals surface area contributed by atoms with E-state index in [0.29, 0.717) is 0 Å². The van der Waals surface area contributed by atoms with E-state index in [0.717, 1.165) is 24.3 Å². The molecule has 0 aliphatic rings. The highest BCUT2D eigenvalue weighted by atomic mass is 19.4. The summed E-state index contributed by atoms with van der Waals surface area (Å²) in [7, 11) is 0. The van der Waals surface area contributed by atoms with Gasteiger partial charge in [-0.25, -0.2) is 4.79 Å². The first-order valence-electron chi connectivity index (χ1n) is 9.00. The van der Waals surface area contributed by atoms with Gasteiger partial charge in [0.2, 0.25) is 0 Å². The summed E-state index contributed by atoms with van der Waals surface area (Å²) in [5.41, 5.74) is -0.685. The molecule has 0 unspecified atom stereocenters. The number of esters is 1. The number of benzene rings is 1. The van der Waals surface area contributed by atoms with E-state index >= 15 is 0 Å². The average Bonchev–Trinajstić information content (AvgIpc) is 2.70. The van der Waals surface area contributed by atoms with Crippen molar-refractivity contribution in [2.45, 2.75) is 55.6 Å². The largest absolute Gasteiger partial charge is 0.462 e. The molecule has 0 spiro atoms. The van der Waals surface area contributed by atoms with Crippen LogP contribution in [0.5, 0.6) is 0 Å². The van der Waals surface area contributed by atoms with Crippen molar-refractivity contribution in [2.75, 3.05) is 6.61 Å². The summed E-state index contributed by atoms with van der Waals surface area (Å²) in [4.78, 5) is 11.8. The zero-order chi connectivity index (χ0) is 27.0. The van der Waals surface area contributed by atoms with Crippen molar-refractivity contribution in [3.63, 3.8) is 0 Å². The third-order valence-electron chi connectivity index (χ3n) is 4.49. The molecule has 0 saturated heterocycles. The summed E-state index contributed by atoms with van der Waals surface area (Å²) in [6.45, 7) is 4.57. The van der Waals surface area contributed by atoms with Crippen LogP contribution in [-0.2, 0) is 11.2 Å². The van der Waals surface area contributed by atoms with Crippen LogP contribution in [-0.4, -0.2) is 48.4 Å². The number of hydrogen-bond donors (Lipinski definition) is 0. The fourth-order valence-corrected chi connectivity index (χ4v) is 2.57. The van der Waals surface area contributed by atoms with Crippen molar-refractivity contribution in [1.29, 1.82) is 0 Å². The van der Waals surface area contributed by atoms with Gasteiger partial charge in [-0.3, -0.25) is 0 Å². The number of rotatable bonds is 10. The zero-order valence-corrected chi connectivity index (χ0v) is 16.9. The van der Waals surface area contributed by atoms with E-state index < -0.39 is 60.2 Å². The van der Waals surface area contributed by atoms with Crippen molar-refractivity contribution in [3.05, 3.63) is 41.5 Å². The Morgan fingerprint density at radius 3 is 1.76 bits per heavy atom. The van der Waals surface area contributed by atoms with E-state index in [4.69, 9.17) is 0 Å². The predicted octanol–water partition coefficient (Wildman–Crippen LogP) is 7.18. The summed E-state index contributed by atoms with van der Waals surface area (Å²) in [6.07, 6.45) is -10.1. The number of alkyl halides is 13. The first kappa shape index (κ1) is 29.6. The van der Waals surface area contributed by atoms with E-state index in [2.05, 4.69) is 11.3 Å². The molecule has 2 nitrogen and oxygen atoms in total. The highest BCUT2D eigenvalue weighted by molar-refractivity contribution is 5.90. The Morgan fingerprint density at radius 2 is 1.32 bits per heavy atom. The molecule has 34 heavy (non-hydrogen) atoms. The van der Waals surface area contributed by atoms with Gasteiger partial charge in [0.25, 0.3) is 0 Å². The smallest absolute Gasteiger partial charge is 0.460 e. The van der Waals surface area contributed by atoms with Gasteiger partial charge in [-0.15, -0.1) is 0 Å². The molecule has 0 N–H and O–H groups in total. The molecule has 194 valence electrons. The van der Waals surface area contributed by atoms with Crippen LogP contribution in [0.15, 0.2) is 24.8 Å². The number of carbonyl (C=O) groups excluding carboxylic acids is 1. The van der Waals surface area contributed by atoms with E-state index in [1.807, 2.05) is 0 Å². The van der Waals surface area contributed by atoms with Gasteiger partial charge in [0.05, 0.1) is 12.2 Å². The quantitative estimate of drug-likeness (QED) is 0.241. The molecule has 0 atom stereocenters. The van der Waals surface area contributed by atoms with Crippen LogP contribution >= 0.6 is 0 Å². The fourth-order valence-electron chi connectivity index (χ4n) is 2.57. The Hall–Kier alpha value is -2.48. The van der Waals surface area contributed by atoms with Gasteiger partial charge in [0.1, 0.15) is 0 Å². The molecular weight excluding hydrogens is 507 g/mol. The second kappa shape index (κ2) is 9.29. The molecule has 0 heterocycles. The lowest BCUT2D eigenvalue weighted by molar-refractivity contribution is -0.440. The molecule has 15 heteroatoms. The van der Waals surface area contributed by atoms with Crippen LogP contribution in [0.3, 0.4) is 0 Å². The molecule has 0 aliphatic heterocycles. The number of ether oxygens (including phenoxy) is 1. The standard InChI is InChI=1S/C19H15F13O2/c1-3-10-7-11(9-12(8-10)13(33)34-4-2)5-6-14(20,21)15(22,23)16(24,25)17(26,27)18(28,29)19(30,31)32/h3,7-9H,1,4-6H2,2H3. The Kier molecular flexibility index (Phi) is 8.07. The molecule has 0 aliphatic carbocycles. The molecule has 1 rings (SSSR count). The summed E-state index contributed by atoms with van der Waals surface area (Å²) in [6, 6.07) is 2.90. The van der Waals surface area contributed by atoms with Crippen LogP contribution < -0.4 is 0 Å². The molecular formula is C19H15F13O2. The highest BCUT2D eigenvalue weighted by Gasteiger charge is 2.90. The lowest BCUT2D eigenvalue weighted by Crippen LogP contribution is -2.70. The van der Waals surface area contributed by atoms with Crippen molar-refractivity contribution < 1.29 is 66.6 Å². The minimum absolute atomic E-state index is 0.0392. The van der Waals surface area contributed by atoms with Crippen LogP contribution in [0.1, 0.15) is 34.8 Å². The van der Waals surface area contributed by atoms with Gasteiger partial charge in [-0.05, 0) is 36.6 Å². The maximum Gasteiger partial charge on any atom is 0.460 e. The second-order valence-corrected chi connectivity index (χ2v) is 6.89. The van der Waals surface area contributed by atoms with Crippen LogP contribution in [0.25, 0.3) is 6.08 Å². The maximum absolute atomic E-state index is 14.0. The van der Waals surface area contributed by atoms with Crippen LogP contribution in [0.2, 0.25) is 0 Å². The number of carbonyl (C=O) groups is 1. The van der Waals surface area contributed by atoms with Crippen molar-refractivity contribution in [2.24, 2.45) is 0 Å². The number of hydrogen-bond acceptors (Lipinski definition) is 2. The topological polar surface area (TPSA) is 26.3 Å². The normalized spacial score (nSPS) is 14.2. The first-order chi connectivity index (χ1) is 15.1. The van der Waals surface area contributed by atoms with Gasteiger partial charge in [-0.1, -0.05) is 18.7 Å². The predicted molar refractivity (Wildman–Crippen MR) is 91.6 cm³/mol. The summed E-state index contributed by atoms with van der Waals surface area (Å²) < 4.78 is 176. The van der Waals surface area contributed by atoms with E-state index in [1.165, 1.54) is 6.92 Å². The summed E-state index contributed by atoms with van der Waals surface area (Å²) >= 11 is 0. The van der Waals surface area contributed by atoms with E-state index in [-0.39, 0.29) is 17.7 Å². The van der Waals surface area contributed by atoms with Gasteiger partial charge >= 0.3 is 41.8 Å². The minimum atomic E-state index is -7.94. The molecule has 0 fully saturated rings. The zero-order valence-electron chi connectivity index (χ0n) is 16.9. The molecule has 0 bridgehead atoms. The molecule has 1 aromatic carbocycles. The SMILES string of the molecule is C=Cc1cc(CCC(F)(F)C(F)(F)C(F)(F)C(F)(F)C(F)(F)C(F)(F)F)cc(C(=O)OCC)c1. The molecule has 0 radical (unpaired) electrons. The molecule has 1 aromatic rings. The Morgan fingerprint density at radius 1 is 0.824 bits per heavy atom. The van der Waals surface area contributed by atoms with Crippen LogP contribution in [0.4, 0.5) is 57.1 Å². The highest BCUT2D eigenvalue weighted by Crippen LogP contribution is 2.60. The molecule has 0 amide bonds. The average molecular weight is 522 g/mol.